The van der Waals surface area contributed by atoms with Crippen LogP contribution in [0.15, 0.2) is 30.5 Å². The van der Waals surface area contributed by atoms with Crippen LogP contribution in [0.5, 0.6) is 0 Å². The maximum atomic E-state index is 12.7. The van der Waals surface area contributed by atoms with Crippen molar-refractivity contribution in [3.63, 3.8) is 0 Å². The van der Waals surface area contributed by atoms with Crippen molar-refractivity contribution in [1.29, 1.82) is 0 Å². The number of amides is 1. The average Bonchev–Trinajstić information content (AvgIpc) is 2.62. The van der Waals surface area contributed by atoms with Crippen LogP contribution in [0.3, 0.4) is 0 Å². The van der Waals surface area contributed by atoms with Crippen LogP contribution in [0.1, 0.15) is 25.5 Å². The van der Waals surface area contributed by atoms with Gasteiger partial charge < -0.3 is 10.2 Å². The number of hydrogen-bond donors (Lipinski definition) is 1. The molecule has 0 bridgehead atoms. The number of aromatic nitrogens is 2. The average molecular weight is 248 g/mol. The summed E-state index contributed by atoms with van der Waals surface area (Å²) in [5, 5.41) is 0.286. The summed E-state index contributed by atoms with van der Waals surface area (Å²) < 4.78 is 62.2. The molecule has 2 aromatic heterocycles. The third-order valence-electron chi connectivity index (χ3n) is 2.54. The van der Waals surface area contributed by atoms with Crippen LogP contribution in [-0.2, 0) is 0 Å². The minimum absolute atomic E-state index is 0.185. The third-order valence-corrected chi connectivity index (χ3v) is 2.54. The van der Waals surface area contributed by atoms with Gasteiger partial charge in [-0.05, 0) is 30.6 Å². The normalized spacial score (nSPS) is 21.1. The Morgan fingerprint density at radius 1 is 1.44 bits per heavy atom. The van der Waals surface area contributed by atoms with Crippen molar-refractivity contribution in [2.45, 2.75) is 6.85 Å². The lowest BCUT2D eigenvalue weighted by Crippen LogP contribution is -2.14. The summed E-state index contributed by atoms with van der Waals surface area (Å²) >= 11 is 0. The summed E-state index contributed by atoms with van der Waals surface area (Å²) in [6.07, 6.45) is -0.938. The molecular formula is C13H12N4O. The van der Waals surface area contributed by atoms with Crippen molar-refractivity contribution in [2.75, 3.05) is 17.3 Å². The summed E-state index contributed by atoms with van der Waals surface area (Å²) in [5.74, 6) is -1.46. The van der Waals surface area contributed by atoms with Gasteiger partial charge in [-0.3, -0.25) is 4.79 Å². The highest BCUT2D eigenvalue weighted by molar-refractivity contribution is 6.11. The Kier molecular flexibility index (Phi) is 1.07. The summed E-state index contributed by atoms with van der Waals surface area (Å²) in [6, 6.07) is -0.232. The zero-order valence-corrected chi connectivity index (χ0v) is 9.27. The Morgan fingerprint density at radius 3 is 3.11 bits per heavy atom. The number of aryl methyl sites for hydroxylation is 1. The Balaban J connectivity index is 2.43. The Bertz CT molecular complexity index is 945. The lowest BCUT2D eigenvalue weighted by molar-refractivity contribution is 0.102. The summed E-state index contributed by atoms with van der Waals surface area (Å²) in [7, 11) is 1.37. The number of hydrogen-bond acceptors (Lipinski definition) is 4. The summed E-state index contributed by atoms with van der Waals surface area (Å²) in [6.45, 7) is -2.72. The van der Waals surface area contributed by atoms with Crippen LogP contribution in [0.4, 0.5) is 17.3 Å². The predicted molar refractivity (Wildman–Crippen MR) is 69.2 cm³/mol. The Morgan fingerprint density at radius 2 is 2.28 bits per heavy atom. The molecule has 0 unspecified atom stereocenters. The molecule has 5 nitrogen and oxygen atoms in total. The lowest BCUT2D eigenvalue weighted by Gasteiger charge is -2.18. The van der Waals surface area contributed by atoms with E-state index in [9.17, 15) is 4.79 Å². The zero-order chi connectivity index (χ0) is 19.5. The molecule has 1 aliphatic rings. The van der Waals surface area contributed by atoms with Gasteiger partial charge >= 0.3 is 0 Å². The SMILES string of the molecule is [2H]c1cc(C([2H])([2H])[2H])c2c(n1)N(C)c1nc([2H])c([2H])c([2H])c1C(=O)N2[2H]. The van der Waals surface area contributed by atoms with Gasteiger partial charge in [-0.25, -0.2) is 9.97 Å². The minimum atomic E-state index is -2.72. The van der Waals surface area contributed by atoms with E-state index in [0.717, 1.165) is 11.0 Å². The molecule has 90 valence electrons. The first kappa shape index (κ1) is 5.06. The van der Waals surface area contributed by atoms with Crippen molar-refractivity contribution in [3.05, 3.63) is 41.6 Å². The number of pyridine rings is 2. The second kappa shape index (κ2) is 3.80. The fourth-order valence-corrected chi connectivity index (χ4v) is 1.68. The molecule has 3 heterocycles. The van der Waals surface area contributed by atoms with Gasteiger partial charge in [-0.15, -0.1) is 0 Å². The second-order valence-electron chi connectivity index (χ2n) is 3.62. The quantitative estimate of drug-likeness (QED) is 0.776. The van der Waals surface area contributed by atoms with Gasteiger partial charge in [0.1, 0.15) is 5.82 Å². The van der Waals surface area contributed by atoms with Crippen LogP contribution in [0, 0.1) is 6.85 Å². The number of carbonyl (C=O) groups is 1. The molecule has 0 spiro atoms. The predicted octanol–water partition coefficient (Wildman–Crippen LogP) is 2.12. The monoisotopic (exact) mass is 248 g/mol. The summed E-state index contributed by atoms with van der Waals surface area (Å²) in [5.41, 5.74) is -1.19. The fourth-order valence-electron chi connectivity index (χ4n) is 1.68. The van der Waals surface area contributed by atoms with Crippen molar-refractivity contribution in [2.24, 2.45) is 0 Å². The standard InChI is InChI=1S/C13H12N4O/c1-8-5-7-15-12-10(8)16-13(18)9-4-3-6-14-11(9)17(12)2/h3-7H,1-2H3,(H,16,18)/i1D3,3D,4D,6D,7D/hD. The van der Waals surface area contributed by atoms with Crippen molar-refractivity contribution in [3.8, 4) is 0 Å². The topological polar surface area (TPSA) is 58.1 Å². The molecule has 0 radical (unpaired) electrons. The van der Waals surface area contributed by atoms with E-state index in [0.29, 0.717) is 0 Å². The van der Waals surface area contributed by atoms with E-state index in [-0.39, 0.29) is 28.8 Å². The van der Waals surface area contributed by atoms with Crippen LogP contribution >= 0.6 is 0 Å². The van der Waals surface area contributed by atoms with E-state index in [1.54, 1.807) is 0 Å². The largest absolute Gasteiger partial charge is 0.318 e. The first-order valence-electron chi connectivity index (χ1n) is 8.96. The van der Waals surface area contributed by atoms with Crippen molar-refractivity contribution >= 4 is 23.2 Å². The molecule has 0 aliphatic carbocycles. The molecule has 0 aromatic carbocycles. The number of carbonyl (C=O) groups excluding carboxylic acids is 1. The molecule has 3 rings (SSSR count). The second-order valence-corrected chi connectivity index (χ2v) is 3.62. The Labute approximate surface area is 116 Å². The van der Waals surface area contributed by atoms with Crippen LogP contribution in [-0.4, -0.2) is 22.9 Å². The van der Waals surface area contributed by atoms with Crippen molar-refractivity contribution < 1.29 is 15.8 Å². The number of rotatable bonds is 0. The van der Waals surface area contributed by atoms with Crippen molar-refractivity contribution in [1.82, 2.24) is 9.97 Å². The molecule has 5 heteroatoms. The van der Waals surface area contributed by atoms with Gasteiger partial charge in [0.2, 0.25) is 0 Å². The molecule has 1 amide bonds. The van der Waals surface area contributed by atoms with Crippen LogP contribution in [0.2, 0.25) is 1.41 Å². The van der Waals surface area contributed by atoms with Gasteiger partial charge in [0.15, 0.2) is 7.23 Å². The number of fused-ring (bicyclic) bond motifs is 2. The number of anilines is 3. The van der Waals surface area contributed by atoms with E-state index in [4.69, 9.17) is 11.0 Å². The molecule has 1 aliphatic heterocycles. The van der Waals surface area contributed by atoms with E-state index in [2.05, 4.69) is 9.97 Å². The minimum Gasteiger partial charge on any atom is -0.318 e. The van der Waals surface area contributed by atoms with Crippen LogP contribution < -0.4 is 10.2 Å². The van der Waals surface area contributed by atoms with Crippen LogP contribution in [0.25, 0.3) is 0 Å². The molecule has 0 saturated carbocycles. The van der Waals surface area contributed by atoms with Gasteiger partial charge in [0.25, 0.3) is 5.91 Å². The summed E-state index contributed by atoms with van der Waals surface area (Å²) in [4.78, 5) is 21.6. The number of nitrogens with one attached hydrogen (secondary N) is 1. The number of nitrogens with zero attached hydrogens (tertiary/aromatic N) is 3. The maximum Gasteiger partial charge on any atom is 0.259 e. The maximum absolute atomic E-state index is 12.7. The lowest BCUT2D eigenvalue weighted by atomic mass is 10.2. The third kappa shape index (κ3) is 1.44. The molecule has 0 fully saturated rings. The smallest absolute Gasteiger partial charge is 0.259 e. The molecular weight excluding hydrogens is 228 g/mol. The zero-order valence-electron chi connectivity index (χ0n) is 17.3. The highest BCUT2D eigenvalue weighted by Gasteiger charge is 2.25. The van der Waals surface area contributed by atoms with E-state index < -0.39 is 42.1 Å². The van der Waals surface area contributed by atoms with E-state index in [1.165, 1.54) is 7.05 Å². The fraction of sp³-hybridized carbons (Fsp3) is 0.154. The van der Waals surface area contributed by atoms with E-state index in [1.807, 2.05) is 0 Å². The van der Waals surface area contributed by atoms with Gasteiger partial charge in [0.05, 0.1) is 16.7 Å². The molecule has 1 N–H and O–H groups in total. The van der Waals surface area contributed by atoms with E-state index >= 15 is 0 Å². The highest BCUT2D eigenvalue weighted by Crippen LogP contribution is 2.35. The molecule has 18 heavy (non-hydrogen) atoms. The van der Waals surface area contributed by atoms with Gasteiger partial charge in [-0.1, -0.05) is 0 Å². The Hall–Kier alpha value is -2.43. The first-order valence-corrected chi connectivity index (χ1v) is 5.02. The van der Waals surface area contributed by atoms with Gasteiger partial charge in [0, 0.05) is 23.5 Å². The first-order chi connectivity index (χ1) is 11.9. The molecule has 2 aromatic rings. The highest BCUT2D eigenvalue weighted by atomic mass is 16.1. The molecule has 0 atom stereocenters. The van der Waals surface area contributed by atoms with Gasteiger partial charge in [-0.2, -0.15) is 0 Å². The molecule has 0 saturated heterocycles.